The number of rotatable bonds is 5. The number of thiazole rings is 1. The van der Waals surface area contributed by atoms with Crippen molar-refractivity contribution in [3.63, 3.8) is 0 Å². The van der Waals surface area contributed by atoms with Crippen molar-refractivity contribution in [3.8, 4) is 9.88 Å². The molecule has 102 valence electrons. The van der Waals surface area contributed by atoms with Crippen LogP contribution >= 0.6 is 22.7 Å². The standard InChI is InChI=1S/C14H18N2OS2/c17-10-14(5-1-2-6-14)16-9-11-8-15-13(19-11)12-4-3-7-18-12/h3-4,7-8,16-17H,1-2,5-6,9-10H2. The van der Waals surface area contributed by atoms with Crippen LogP contribution in [-0.4, -0.2) is 22.2 Å². The summed E-state index contributed by atoms with van der Waals surface area (Å²) in [6.07, 6.45) is 6.56. The highest BCUT2D eigenvalue weighted by Crippen LogP contribution is 2.31. The van der Waals surface area contributed by atoms with E-state index in [1.807, 2.05) is 6.20 Å². The summed E-state index contributed by atoms with van der Waals surface area (Å²) >= 11 is 3.46. The van der Waals surface area contributed by atoms with Gasteiger partial charge in [-0.25, -0.2) is 4.98 Å². The molecule has 2 aromatic heterocycles. The molecule has 2 heterocycles. The summed E-state index contributed by atoms with van der Waals surface area (Å²) in [5.41, 5.74) is -0.0485. The third-order valence-electron chi connectivity index (χ3n) is 3.79. The fraction of sp³-hybridized carbons (Fsp3) is 0.500. The second-order valence-electron chi connectivity index (χ2n) is 5.11. The van der Waals surface area contributed by atoms with Crippen LogP contribution in [0, 0.1) is 0 Å². The Morgan fingerprint density at radius 3 is 2.89 bits per heavy atom. The largest absolute Gasteiger partial charge is 0.394 e. The molecule has 0 spiro atoms. The van der Waals surface area contributed by atoms with Crippen molar-refractivity contribution in [2.75, 3.05) is 6.61 Å². The number of nitrogens with one attached hydrogen (secondary N) is 1. The van der Waals surface area contributed by atoms with Gasteiger partial charge in [0.1, 0.15) is 5.01 Å². The molecule has 0 aromatic carbocycles. The minimum absolute atomic E-state index is 0.0485. The van der Waals surface area contributed by atoms with Crippen molar-refractivity contribution < 1.29 is 5.11 Å². The van der Waals surface area contributed by atoms with Crippen molar-refractivity contribution in [2.24, 2.45) is 0 Å². The van der Waals surface area contributed by atoms with Crippen molar-refractivity contribution in [2.45, 2.75) is 37.8 Å². The van der Waals surface area contributed by atoms with Gasteiger partial charge in [0.2, 0.25) is 0 Å². The summed E-state index contributed by atoms with van der Waals surface area (Å²) in [6, 6.07) is 4.16. The van der Waals surface area contributed by atoms with Crippen LogP contribution < -0.4 is 5.32 Å². The van der Waals surface area contributed by atoms with Gasteiger partial charge in [-0.3, -0.25) is 0 Å². The molecule has 1 aliphatic rings. The van der Waals surface area contributed by atoms with E-state index in [4.69, 9.17) is 0 Å². The highest BCUT2D eigenvalue weighted by molar-refractivity contribution is 7.20. The topological polar surface area (TPSA) is 45.1 Å². The predicted octanol–water partition coefficient (Wildman–Crippen LogP) is 3.27. The van der Waals surface area contributed by atoms with Gasteiger partial charge in [-0.1, -0.05) is 18.9 Å². The number of thiophene rings is 1. The van der Waals surface area contributed by atoms with E-state index in [0.29, 0.717) is 0 Å². The Hall–Kier alpha value is -0.750. The summed E-state index contributed by atoms with van der Waals surface area (Å²) in [6.45, 7) is 1.05. The van der Waals surface area contributed by atoms with E-state index in [0.717, 1.165) is 24.4 Å². The smallest absolute Gasteiger partial charge is 0.133 e. The van der Waals surface area contributed by atoms with E-state index >= 15 is 0 Å². The molecular weight excluding hydrogens is 276 g/mol. The molecule has 3 nitrogen and oxygen atoms in total. The summed E-state index contributed by atoms with van der Waals surface area (Å²) in [5.74, 6) is 0. The average molecular weight is 294 g/mol. The minimum Gasteiger partial charge on any atom is -0.394 e. The monoisotopic (exact) mass is 294 g/mol. The number of aromatic nitrogens is 1. The SMILES string of the molecule is OCC1(NCc2cnc(-c3cccs3)s2)CCCC1. The molecule has 1 fully saturated rings. The molecule has 0 radical (unpaired) electrons. The highest BCUT2D eigenvalue weighted by atomic mass is 32.1. The molecule has 5 heteroatoms. The molecule has 19 heavy (non-hydrogen) atoms. The third kappa shape index (κ3) is 2.89. The zero-order valence-corrected chi connectivity index (χ0v) is 12.4. The first-order chi connectivity index (χ1) is 9.31. The van der Waals surface area contributed by atoms with Crippen LogP contribution in [0.3, 0.4) is 0 Å². The summed E-state index contributed by atoms with van der Waals surface area (Å²) in [5, 5.41) is 16.3. The van der Waals surface area contributed by atoms with E-state index in [-0.39, 0.29) is 12.1 Å². The van der Waals surface area contributed by atoms with Crippen LogP contribution in [-0.2, 0) is 6.54 Å². The first-order valence-corrected chi connectivity index (χ1v) is 8.35. The Kier molecular flexibility index (Phi) is 3.98. The van der Waals surface area contributed by atoms with Gasteiger partial charge in [0, 0.05) is 23.2 Å². The van der Waals surface area contributed by atoms with Gasteiger partial charge in [0.15, 0.2) is 0 Å². The van der Waals surface area contributed by atoms with Crippen LogP contribution in [0.2, 0.25) is 0 Å². The van der Waals surface area contributed by atoms with Gasteiger partial charge in [-0.2, -0.15) is 0 Å². The molecule has 0 amide bonds. The lowest BCUT2D eigenvalue weighted by atomic mass is 9.99. The number of hydrogen-bond acceptors (Lipinski definition) is 5. The summed E-state index contributed by atoms with van der Waals surface area (Å²) in [7, 11) is 0. The van der Waals surface area contributed by atoms with Crippen molar-refractivity contribution in [3.05, 3.63) is 28.6 Å². The quantitative estimate of drug-likeness (QED) is 0.889. The lowest BCUT2D eigenvalue weighted by Gasteiger charge is -2.27. The van der Waals surface area contributed by atoms with Gasteiger partial charge < -0.3 is 10.4 Å². The van der Waals surface area contributed by atoms with Crippen LogP contribution in [0.4, 0.5) is 0 Å². The lowest BCUT2D eigenvalue weighted by molar-refractivity contribution is 0.163. The Balaban J connectivity index is 1.64. The van der Waals surface area contributed by atoms with Crippen LogP contribution in [0.25, 0.3) is 9.88 Å². The van der Waals surface area contributed by atoms with E-state index in [1.54, 1.807) is 22.7 Å². The normalized spacial score (nSPS) is 17.9. The van der Waals surface area contributed by atoms with Gasteiger partial charge in [0.05, 0.1) is 11.5 Å². The molecule has 0 saturated heterocycles. The molecule has 2 N–H and O–H groups in total. The summed E-state index contributed by atoms with van der Waals surface area (Å²) < 4.78 is 0. The molecule has 0 bridgehead atoms. The van der Waals surface area contributed by atoms with Gasteiger partial charge in [-0.15, -0.1) is 22.7 Å². The van der Waals surface area contributed by atoms with E-state index in [9.17, 15) is 5.11 Å². The van der Waals surface area contributed by atoms with E-state index in [1.165, 1.54) is 22.6 Å². The first kappa shape index (κ1) is 13.2. The van der Waals surface area contributed by atoms with Crippen LogP contribution in [0.15, 0.2) is 23.7 Å². The third-order valence-corrected chi connectivity index (χ3v) is 5.82. The first-order valence-electron chi connectivity index (χ1n) is 6.66. The molecule has 1 saturated carbocycles. The zero-order chi connectivity index (χ0) is 13.1. The molecular formula is C14H18N2OS2. The minimum atomic E-state index is -0.0485. The molecule has 0 aliphatic heterocycles. The molecule has 2 aromatic rings. The van der Waals surface area contributed by atoms with Crippen LogP contribution in [0.5, 0.6) is 0 Å². The maximum Gasteiger partial charge on any atom is 0.133 e. The number of aliphatic hydroxyl groups is 1. The zero-order valence-electron chi connectivity index (χ0n) is 10.8. The maximum atomic E-state index is 9.58. The van der Waals surface area contributed by atoms with Crippen molar-refractivity contribution in [1.29, 1.82) is 0 Å². The van der Waals surface area contributed by atoms with Crippen molar-refractivity contribution in [1.82, 2.24) is 10.3 Å². The number of hydrogen-bond donors (Lipinski definition) is 2. The Morgan fingerprint density at radius 1 is 1.37 bits per heavy atom. The molecule has 3 rings (SSSR count). The highest BCUT2D eigenvalue weighted by Gasteiger charge is 2.32. The Bertz CT molecular complexity index is 515. The Morgan fingerprint density at radius 2 is 2.21 bits per heavy atom. The van der Waals surface area contributed by atoms with Gasteiger partial charge >= 0.3 is 0 Å². The van der Waals surface area contributed by atoms with Crippen LogP contribution in [0.1, 0.15) is 30.6 Å². The lowest BCUT2D eigenvalue weighted by Crippen LogP contribution is -2.45. The molecule has 0 atom stereocenters. The van der Waals surface area contributed by atoms with Crippen molar-refractivity contribution >= 4 is 22.7 Å². The molecule has 1 aliphatic carbocycles. The fourth-order valence-corrected chi connectivity index (χ4v) is 4.28. The second-order valence-corrected chi connectivity index (χ2v) is 7.17. The predicted molar refractivity (Wildman–Crippen MR) is 80.6 cm³/mol. The Labute approximate surface area is 121 Å². The number of aliphatic hydroxyl groups excluding tert-OH is 1. The summed E-state index contributed by atoms with van der Waals surface area (Å²) in [4.78, 5) is 6.95. The van der Waals surface area contributed by atoms with E-state index < -0.39 is 0 Å². The second kappa shape index (κ2) is 5.71. The average Bonchev–Trinajstić information content (AvgIpc) is 3.17. The maximum absolute atomic E-state index is 9.58. The van der Waals surface area contributed by atoms with Gasteiger partial charge in [-0.05, 0) is 24.3 Å². The fourth-order valence-electron chi connectivity index (χ4n) is 2.62. The number of nitrogens with zero attached hydrogens (tertiary/aromatic N) is 1. The van der Waals surface area contributed by atoms with Gasteiger partial charge in [0.25, 0.3) is 0 Å². The van der Waals surface area contributed by atoms with E-state index in [2.05, 4.69) is 27.8 Å². The molecule has 0 unspecified atom stereocenters.